The third-order valence-corrected chi connectivity index (χ3v) is 3.76. The predicted octanol–water partition coefficient (Wildman–Crippen LogP) is 0.827. The molecule has 2 N–H and O–H groups in total. The van der Waals surface area contributed by atoms with E-state index in [-0.39, 0.29) is 11.6 Å². The highest BCUT2D eigenvalue weighted by Gasteiger charge is 2.22. The molecule has 1 aromatic heterocycles. The maximum atomic E-state index is 11.9. The number of nitrogens with zero attached hydrogens (tertiary/aromatic N) is 3. The van der Waals surface area contributed by atoms with Gasteiger partial charge in [-0.1, -0.05) is 12.8 Å². The molecule has 1 aliphatic rings. The van der Waals surface area contributed by atoms with E-state index >= 15 is 0 Å². The molecule has 1 heterocycles. The van der Waals surface area contributed by atoms with Gasteiger partial charge in [-0.25, -0.2) is 4.68 Å². The van der Waals surface area contributed by atoms with Crippen LogP contribution in [0.25, 0.3) is 0 Å². The number of anilines is 1. The fourth-order valence-electron chi connectivity index (χ4n) is 2.54. The summed E-state index contributed by atoms with van der Waals surface area (Å²) in [6.07, 6.45) is 6.61. The van der Waals surface area contributed by atoms with Crippen molar-refractivity contribution in [1.82, 2.24) is 9.78 Å². The molecule has 5 heteroatoms. The van der Waals surface area contributed by atoms with Gasteiger partial charge in [0.2, 0.25) is 0 Å². The van der Waals surface area contributed by atoms with E-state index in [1.807, 2.05) is 19.0 Å². The van der Waals surface area contributed by atoms with Crippen molar-refractivity contribution in [3.63, 3.8) is 0 Å². The van der Waals surface area contributed by atoms with Crippen LogP contribution in [0.3, 0.4) is 0 Å². The van der Waals surface area contributed by atoms with Gasteiger partial charge in [-0.3, -0.25) is 4.79 Å². The van der Waals surface area contributed by atoms with Crippen molar-refractivity contribution in [2.75, 3.05) is 19.0 Å². The highest BCUT2D eigenvalue weighted by Crippen LogP contribution is 2.27. The van der Waals surface area contributed by atoms with Crippen molar-refractivity contribution in [1.29, 1.82) is 0 Å². The van der Waals surface area contributed by atoms with Gasteiger partial charge >= 0.3 is 0 Å². The smallest absolute Gasteiger partial charge is 0.268 e. The van der Waals surface area contributed by atoms with Crippen molar-refractivity contribution in [2.24, 2.45) is 11.7 Å². The Morgan fingerprint density at radius 3 is 2.72 bits per heavy atom. The molecule has 0 aromatic carbocycles. The Kier molecular flexibility index (Phi) is 4.01. The molecule has 1 aromatic rings. The average Bonchev–Trinajstić information content (AvgIpc) is 2.85. The van der Waals surface area contributed by atoms with Gasteiger partial charge in [0.05, 0.1) is 18.4 Å². The molecule has 1 unspecified atom stereocenters. The lowest BCUT2D eigenvalue weighted by Crippen LogP contribution is -2.38. The summed E-state index contributed by atoms with van der Waals surface area (Å²) in [5.74, 6) is 0.548. The van der Waals surface area contributed by atoms with Crippen LogP contribution in [-0.2, 0) is 6.54 Å². The minimum absolute atomic E-state index is 0.0444. The van der Waals surface area contributed by atoms with Crippen LogP contribution in [0.5, 0.6) is 0 Å². The molecule has 0 bridgehead atoms. The van der Waals surface area contributed by atoms with E-state index in [1.54, 1.807) is 12.3 Å². The standard InChI is InChI=1S/C13H22N4O/c1-16(2)11-7-13(18)17(15-8-11)9-12(14)10-5-3-4-6-10/h7-8,10,12H,3-6,9,14H2,1-2H3. The lowest BCUT2D eigenvalue weighted by atomic mass is 9.99. The Balaban J connectivity index is 2.07. The van der Waals surface area contributed by atoms with E-state index in [4.69, 9.17) is 5.73 Å². The first-order valence-corrected chi connectivity index (χ1v) is 6.58. The maximum absolute atomic E-state index is 11.9. The topological polar surface area (TPSA) is 64.2 Å². The molecule has 0 aliphatic heterocycles. The molecular formula is C13H22N4O. The van der Waals surface area contributed by atoms with Gasteiger partial charge in [0, 0.05) is 26.2 Å². The molecular weight excluding hydrogens is 228 g/mol. The zero-order valence-electron chi connectivity index (χ0n) is 11.2. The molecule has 0 spiro atoms. The Morgan fingerprint density at radius 2 is 2.17 bits per heavy atom. The van der Waals surface area contributed by atoms with E-state index in [0.29, 0.717) is 12.5 Å². The van der Waals surface area contributed by atoms with Crippen LogP contribution in [0.4, 0.5) is 5.69 Å². The van der Waals surface area contributed by atoms with Crippen molar-refractivity contribution in [3.05, 3.63) is 22.6 Å². The first-order valence-electron chi connectivity index (χ1n) is 6.58. The molecule has 1 atom stereocenters. The SMILES string of the molecule is CN(C)c1cnn(CC(N)C2CCCC2)c(=O)c1. The number of nitrogens with two attached hydrogens (primary N) is 1. The minimum atomic E-state index is -0.0744. The summed E-state index contributed by atoms with van der Waals surface area (Å²) in [5, 5.41) is 4.19. The largest absolute Gasteiger partial charge is 0.376 e. The van der Waals surface area contributed by atoms with Gasteiger partial charge in [-0.15, -0.1) is 0 Å². The average molecular weight is 250 g/mol. The molecule has 5 nitrogen and oxygen atoms in total. The number of rotatable bonds is 4. The summed E-state index contributed by atoms with van der Waals surface area (Å²) in [6.45, 7) is 0.525. The van der Waals surface area contributed by atoms with Gasteiger partial charge in [-0.2, -0.15) is 5.10 Å². The van der Waals surface area contributed by atoms with E-state index in [9.17, 15) is 4.79 Å². The van der Waals surface area contributed by atoms with Gasteiger partial charge < -0.3 is 10.6 Å². The zero-order chi connectivity index (χ0) is 13.1. The zero-order valence-corrected chi connectivity index (χ0v) is 11.2. The lowest BCUT2D eigenvalue weighted by molar-refractivity contribution is 0.366. The Hall–Kier alpha value is -1.36. The molecule has 2 rings (SSSR count). The van der Waals surface area contributed by atoms with Crippen LogP contribution in [-0.4, -0.2) is 29.9 Å². The second-order valence-corrected chi connectivity index (χ2v) is 5.34. The van der Waals surface area contributed by atoms with E-state index < -0.39 is 0 Å². The quantitative estimate of drug-likeness (QED) is 0.859. The monoisotopic (exact) mass is 250 g/mol. The fourth-order valence-corrected chi connectivity index (χ4v) is 2.54. The highest BCUT2D eigenvalue weighted by atomic mass is 16.1. The van der Waals surface area contributed by atoms with Crippen LogP contribution >= 0.6 is 0 Å². The Morgan fingerprint density at radius 1 is 1.50 bits per heavy atom. The van der Waals surface area contributed by atoms with Gasteiger partial charge in [-0.05, 0) is 18.8 Å². The predicted molar refractivity (Wildman–Crippen MR) is 72.8 cm³/mol. The van der Waals surface area contributed by atoms with Crippen molar-refractivity contribution >= 4 is 5.69 Å². The molecule has 1 saturated carbocycles. The third kappa shape index (κ3) is 2.90. The summed E-state index contributed by atoms with van der Waals surface area (Å²) in [6, 6.07) is 1.65. The summed E-state index contributed by atoms with van der Waals surface area (Å²) in [5.41, 5.74) is 6.92. The second-order valence-electron chi connectivity index (χ2n) is 5.34. The Labute approximate surface area is 108 Å². The van der Waals surface area contributed by atoms with Gasteiger partial charge in [0.15, 0.2) is 0 Å². The number of hydrogen-bond acceptors (Lipinski definition) is 4. The number of hydrogen-bond donors (Lipinski definition) is 1. The van der Waals surface area contributed by atoms with Gasteiger partial charge in [0.25, 0.3) is 5.56 Å². The first kappa shape index (κ1) is 13.1. The molecule has 1 aliphatic carbocycles. The summed E-state index contributed by atoms with van der Waals surface area (Å²) >= 11 is 0. The molecule has 18 heavy (non-hydrogen) atoms. The lowest BCUT2D eigenvalue weighted by Gasteiger charge is -2.19. The van der Waals surface area contributed by atoms with E-state index in [0.717, 1.165) is 5.69 Å². The molecule has 100 valence electrons. The second kappa shape index (κ2) is 5.52. The third-order valence-electron chi connectivity index (χ3n) is 3.76. The van der Waals surface area contributed by atoms with Crippen LogP contribution in [0.2, 0.25) is 0 Å². The van der Waals surface area contributed by atoms with Crippen LogP contribution in [0, 0.1) is 5.92 Å². The van der Waals surface area contributed by atoms with Crippen LogP contribution in [0.15, 0.2) is 17.1 Å². The number of aromatic nitrogens is 2. The Bertz CT molecular complexity index is 449. The van der Waals surface area contributed by atoms with Crippen LogP contribution < -0.4 is 16.2 Å². The molecule has 1 fully saturated rings. The van der Waals surface area contributed by atoms with Crippen LogP contribution in [0.1, 0.15) is 25.7 Å². The van der Waals surface area contributed by atoms with E-state index in [1.165, 1.54) is 30.4 Å². The molecule has 0 saturated heterocycles. The fraction of sp³-hybridized carbons (Fsp3) is 0.692. The summed E-state index contributed by atoms with van der Waals surface area (Å²) in [7, 11) is 3.79. The molecule has 0 amide bonds. The maximum Gasteiger partial charge on any atom is 0.268 e. The molecule has 0 radical (unpaired) electrons. The highest BCUT2D eigenvalue weighted by molar-refractivity contribution is 5.40. The van der Waals surface area contributed by atoms with Gasteiger partial charge in [0.1, 0.15) is 0 Å². The first-order chi connectivity index (χ1) is 8.58. The summed E-state index contributed by atoms with van der Waals surface area (Å²) in [4.78, 5) is 13.8. The van der Waals surface area contributed by atoms with Crippen molar-refractivity contribution < 1.29 is 0 Å². The summed E-state index contributed by atoms with van der Waals surface area (Å²) < 4.78 is 1.48. The normalized spacial score (nSPS) is 17.9. The van der Waals surface area contributed by atoms with Crippen molar-refractivity contribution in [3.8, 4) is 0 Å². The van der Waals surface area contributed by atoms with E-state index in [2.05, 4.69) is 5.10 Å². The van der Waals surface area contributed by atoms with Crippen molar-refractivity contribution in [2.45, 2.75) is 38.3 Å². The minimum Gasteiger partial charge on any atom is -0.376 e.